The quantitative estimate of drug-likeness (QED) is 0.402. The van der Waals surface area contributed by atoms with Crippen LogP contribution >= 0.6 is 0 Å². The van der Waals surface area contributed by atoms with Gasteiger partial charge in [0.05, 0.1) is 12.0 Å². The topological polar surface area (TPSA) is 131 Å². The molecule has 12 heteroatoms. The zero-order valence-corrected chi connectivity index (χ0v) is 24.9. The molecule has 5 saturated heterocycles. The average Bonchev–Trinajstić information content (AvgIpc) is 3.75. The van der Waals surface area contributed by atoms with Crippen molar-refractivity contribution in [2.45, 2.75) is 112 Å². The van der Waals surface area contributed by atoms with E-state index in [2.05, 4.69) is 10.2 Å². The van der Waals surface area contributed by atoms with Crippen LogP contribution in [0.25, 0.3) is 0 Å². The fraction of sp³-hybridized carbons (Fsp3) is 0.594. The number of para-hydroxylation sites is 2. The van der Waals surface area contributed by atoms with Gasteiger partial charge in [-0.1, -0.05) is 36.4 Å². The summed E-state index contributed by atoms with van der Waals surface area (Å²) in [6.45, 7) is 7.76. The van der Waals surface area contributed by atoms with Crippen LogP contribution in [0.1, 0.15) is 57.6 Å². The van der Waals surface area contributed by atoms with E-state index in [0.717, 1.165) is 5.56 Å². The normalized spacial score (nSPS) is 43.8. The van der Waals surface area contributed by atoms with Crippen molar-refractivity contribution in [1.29, 1.82) is 0 Å². The van der Waals surface area contributed by atoms with E-state index in [4.69, 9.17) is 28.4 Å². The predicted octanol–water partition coefficient (Wildman–Crippen LogP) is 3.27. The van der Waals surface area contributed by atoms with Gasteiger partial charge in [-0.15, -0.1) is 0 Å². The average molecular weight is 606 g/mol. The van der Waals surface area contributed by atoms with Crippen LogP contribution in [0.5, 0.6) is 5.75 Å². The van der Waals surface area contributed by atoms with Gasteiger partial charge in [0, 0.05) is 28.3 Å². The summed E-state index contributed by atoms with van der Waals surface area (Å²) in [7, 11) is 0. The summed E-state index contributed by atoms with van der Waals surface area (Å²) in [5.74, 6) is -2.62. The third-order valence-electron chi connectivity index (χ3n) is 10.8. The molecule has 44 heavy (non-hydrogen) atoms. The second-order valence-electron chi connectivity index (χ2n) is 13.9. The molecule has 2 aromatic carbocycles. The molecule has 232 valence electrons. The fourth-order valence-electron chi connectivity index (χ4n) is 9.63. The maximum absolute atomic E-state index is 14.5. The molecular formula is C32H35N3O9. The Morgan fingerprint density at radius 1 is 0.909 bits per heavy atom. The second-order valence-corrected chi connectivity index (χ2v) is 13.9. The largest absolute Gasteiger partial charge is 0.480 e. The molecule has 7 aliphatic rings. The monoisotopic (exact) mass is 605 g/mol. The first-order valence-corrected chi connectivity index (χ1v) is 15.4. The molecule has 0 aromatic heterocycles. The van der Waals surface area contributed by atoms with Crippen LogP contribution < -0.4 is 10.1 Å². The summed E-state index contributed by atoms with van der Waals surface area (Å²) in [6, 6.07) is 14.3. The fourth-order valence-corrected chi connectivity index (χ4v) is 9.63. The first-order chi connectivity index (χ1) is 21.0. The smallest absolute Gasteiger partial charge is 0.285 e. The highest BCUT2D eigenvalue weighted by atomic mass is 16.9. The molecule has 5 fully saturated rings. The number of rotatable bonds is 2. The number of fused-ring (bicyclic) bond motifs is 12. The highest BCUT2D eigenvalue weighted by Crippen LogP contribution is 2.68. The molecule has 7 aliphatic heterocycles. The van der Waals surface area contributed by atoms with Gasteiger partial charge in [-0.2, -0.15) is 0 Å². The highest BCUT2D eigenvalue weighted by Gasteiger charge is 2.85. The molecule has 0 aliphatic carbocycles. The molecule has 1 N–H and O–H groups in total. The minimum absolute atomic E-state index is 0.189. The van der Waals surface area contributed by atoms with E-state index in [1.807, 2.05) is 62.4 Å². The third kappa shape index (κ3) is 3.16. The molecule has 0 radical (unpaired) electrons. The molecule has 7 heterocycles. The molecule has 2 aromatic rings. The van der Waals surface area contributed by atoms with E-state index >= 15 is 0 Å². The lowest BCUT2D eigenvalue weighted by Crippen LogP contribution is -2.72. The highest BCUT2D eigenvalue weighted by molar-refractivity contribution is 6.07. The molecule has 0 bridgehead atoms. The number of hydrogen-bond donors (Lipinski definition) is 1. The van der Waals surface area contributed by atoms with Crippen molar-refractivity contribution >= 4 is 11.6 Å². The Kier molecular flexibility index (Phi) is 5.29. The van der Waals surface area contributed by atoms with Gasteiger partial charge in [-0.05, 0) is 52.7 Å². The van der Waals surface area contributed by atoms with Crippen molar-refractivity contribution in [3.05, 3.63) is 69.8 Å². The Morgan fingerprint density at radius 3 is 2.39 bits per heavy atom. The lowest BCUT2D eigenvalue weighted by atomic mass is 9.62. The van der Waals surface area contributed by atoms with E-state index in [1.54, 1.807) is 13.8 Å². The second kappa shape index (κ2) is 8.56. The van der Waals surface area contributed by atoms with Crippen LogP contribution in [0, 0.1) is 10.1 Å². The van der Waals surface area contributed by atoms with E-state index < -0.39 is 71.4 Å². The molecule has 12 nitrogen and oxygen atoms in total. The summed E-state index contributed by atoms with van der Waals surface area (Å²) in [6.07, 6.45) is -3.73. The van der Waals surface area contributed by atoms with Crippen molar-refractivity contribution in [2.24, 2.45) is 0 Å². The number of ether oxygens (including phenoxy) is 6. The first kappa shape index (κ1) is 27.2. The Bertz CT molecular complexity index is 1600. The lowest BCUT2D eigenvalue weighted by molar-refractivity contribution is -0.594. The molecule has 10 atom stereocenters. The van der Waals surface area contributed by atoms with Gasteiger partial charge in [0.25, 0.3) is 11.4 Å². The number of carbonyl (C=O) groups excluding carboxylic acids is 1. The van der Waals surface area contributed by atoms with Crippen LogP contribution in [0.4, 0.5) is 5.69 Å². The lowest BCUT2D eigenvalue weighted by Gasteiger charge is -2.49. The van der Waals surface area contributed by atoms with Crippen LogP contribution in [0.3, 0.4) is 0 Å². The maximum Gasteiger partial charge on any atom is 0.285 e. The van der Waals surface area contributed by atoms with Crippen LogP contribution in [-0.4, -0.2) is 82.2 Å². The number of nitrogens with one attached hydrogen (secondary N) is 1. The van der Waals surface area contributed by atoms with Crippen LogP contribution in [0.2, 0.25) is 0 Å². The Morgan fingerprint density at radius 2 is 1.59 bits per heavy atom. The minimum atomic E-state index is -1.78. The molecule has 1 spiro atoms. The zero-order valence-electron chi connectivity index (χ0n) is 24.9. The predicted molar refractivity (Wildman–Crippen MR) is 152 cm³/mol. The molecule has 9 rings (SSSR count). The number of benzene rings is 2. The van der Waals surface area contributed by atoms with Crippen molar-refractivity contribution in [3.63, 3.8) is 0 Å². The van der Waals surface area contributed by atoms with Crippen molar-refractivity contribution < 1.29 is 38.1 Å². The van der Waals surface area contributed by atoms with Gasteiger partial charge in [0.15, 0.2) is 24.0 Å². The van der Waals surface area contributed by atoms with Crippen molar-refractivity contribution in [1.82, 2.24) is 4.90 Å². The van der Waals surface area contributed by atoms with Gasteiger partial charge >= 0.3 is 0 Å². The molecule has 1 amide bonds. The zero-order chi connectivity index (χ0) is 30.4. The van der Waals surface area contributed by atoms with Crippen molar-refractivity contribution in [3.8, 4) is 5.75 Å². The Balaban J connectivity index is 1.29. The van der Waals surface area contributed by atoms with Crippen molar-refractivity contribution in [2.75, 3.05) is 11.9 Å². The van der Waals surface area contributed by atoms with Crippen LogP contribution in [-0.2, 0) is 34.0 Å². The minimum Gasteiger partial charge on any atom is -0.480 e. The standard InChI is InChI=1S/C32H35N3O9/c1-29(2)41-21-22(42-29)24-27(44-30(3,4)43-24)40-23(21)26-32(35(37)38)20-14-9-15-34(20)31(17-11-6-7-12-18(17)33-28(31)36)25(32)16-10-5-8-13-19(16)39-26/h5-8,10-13,20-27H,9,14-15H2,1-4H3,(H,33,36)/t20?,21-,22+,23+,24-,25-,26-,27-,31-,32-/m1/s1. The van der Waals surface area contributed by atoms with Gasteiger partial charge in [-0.25, -0.2) is 0 Å². The van der Waals surface area contributed by atoms with Gasteiger partial charge in [0.2, 0.25) is 0 Å². The van der Waals surface area contributed by atoms with E-state index in [0.29, 0.717) is 36.4 Å². The molecular weight excluding hydrogens is 570 g/mol. The Labute approximate surface area is 254 Å². The number of anilines is 1. The summed E-state index contributed by atoms with van der Waals surface area (Å²) in [4.78, 5) is 30.4. The number of carbonyl (C=O) groups is 1. The Hall–Kier alpha value is -3.13. The van der Waals surface area contributed by atoms with E-state index in [1.165, 1.54) is 0 Å². The third-order valence-corrected chi connectivity index (χ3v) is 10.8. The van der Waals surface area contributed by atoms with Gasteiger partial charge in [0.1, 0.15) is 35.7 Å². The van der Waals surface area contributed by atoms with Gasteiger partial charge < -0.3 is 33.7 Å². The number of hydrogen-bond acceptors (Lipinski definition) is 10. The number of nitrogens with zero attached hydrogens (tertiary/aromatic N) is 2. The summed E-state index contributed by atoms with van der Waals surface area (Å²) in [5.41, 5.74) is -1.04. The SMILES string of the molecule is CC1(C)O[C@@H]2[C@H](O1)[C@H]1OC(C)(C)O[C@H]1O[C@@H]2[C@H]1Oc2ccccc2[C@H]2[C@]1([N+](=O)[O-])C1CCCN1[C@@]21C(=O)Nc2ccccc21. The van der Waals surface area contributed by atoms with Gasteiger partial charge in [-0.3, -0.25) is 19.8 Å². The summed E-state index contributed by atoms with van der Waals surface area (Å²) in [5, 5.41) is 17.1. The summed E-state index contributed by atoms with van der Waals surface area (Å²) >= 11 is 0. The summed E-state index contributed by atoms with van der Waals surface area (Å²) < 4.78 is 38.8. The first-order valence-electron chi connectivity index (χ1n) is 15.4. The number of nitro groups is 1. The van der Waals surface area contributed by atoms with E-state index in [9.17, 15) is 14.9 Å². The van der Waals surface area contributed by atoms with Crippen LogP contribution in [0.15, 0.2) is 48.5 Å². The molecule has 1 unspecified atom stereocenters. The maximum atomic E-state index is 14.5. The van der Waals surface area contributed by atoms with E-state index in [-0.39, 0.29) is 10.8 Å². The number of amides is 1. The molecule has 0 saturated carbocycles.